The van der Waals surface area contributed by atoms with Gasteiger partial charge in [0.05, 0.1) is 11.4 Å². The first-order valence-corrected chi connectivity index (χ1v) is 4.99. The predicted molar refractivity (Wildman–Crippen MR) is 51.1 cm³/mol. The van der Waals surface area contributed by atoms with Crippen LogP contribution in [0.2, 0.25) is 0 Å². The molecule has 2 aliphatic rings. The molecule has 2 fully saturated rings. The van der Waals surface area contributed by atoms with Gasteiger partial charge < -0.3 is 5.73 Å². The van der Waals surface area contributed by atoms with Gasteiger partial charge in [-0.15, -0.1) is 0 Å². The molecule has 0 aromatic heterocycles. The zero-order valence-electron chi connectivity index (χ0n) is 8.01. The molecule has 0 amide bonds. The average molecular weight is 166 g/mol. The van der Waals surface area contributed by atoms with Crippen molar-refractivity contribution in [3.8, 4) is 0 Å². The Kier molecular flexibility index (Phi) is 1.67. The number of hydrogen-bond donors (Lipinski definition) is 1. The van der Waals surface area contributed by atoms with Crippen molar-refractivity contribution in [1.82, 2.24) is 0 Å². The van der Waals surface area contributed by atoms with E-state index in [0.717, 1.165) is 5.84 Å². The molecule has 2 aliphatic carbocycles. The molecule has 0 atom stereocenters. The lowest BCUT2D eigenvalue weighted by atomic mass is 10.0. The third-order valence-electron chi connectivity index (χ3n) is 3.18. The second kappa shape index (κ2) is 2.48. The second-order valence-electron chi connectivity index (χ2n) is 4.57. The van der Waals surface area contributed by atoms with Crippen molar-refractivity contribution in [3.05, 3.63) is 0 Å². The first-order valence-electron chi connectivity index (χ1n) is 4.99. The molecule has 2 rings (SSSR count). The smallest absolute Gasteiger partial charge is 0.0975 e. The van der Waals surface area contributed by atoms with Crippen LogP contribution in [0, 0.1) is 11.8 Å². The van der Waals surface area contributed by atoms with Crippen molar-refractivity contribution in [2.45, 2.75) is 45.1 Å². The van der Waals surface area contributed by atoms with Gasteiger partial charge in [0.2, 0.25) is 0 Å². The predicted octanol–water partition coefficient (Wildman–Crippen LogP) is 1.94. The molecule has 2 saturated carbocycles. The Bertz CT molecular complexity index is 210. The first-order chi connectivity index (χ1) is 5.64. The summed E-state index contributed by atoms with van der Waals surface area (Å²) in [6.07, 6.45) is 5.03. The van der Waals surface area contributed by atoms with E-state index in [1.165, 1.54) is 25.7 Å². The Labute approximate surface area is 74.2 Å². The summed E-state index contributed by atoms with van der Waals surface area (Å²) >= 11 is 0. The maximum absolute atomic E-state index is 5.89. The largest absolute Gasteiger partial charge is 0.387 e. The normalized spacial score (nSPS) is 27.8. The summed E-state index contributed by atoms with van der Waals surface area (Å²) in [5, 5.41) is 0. The Balaban J connectivity index is 2.04. The van der Waals surface area contributed by atoms with E-state index in [4.69, 9.17) is 5.73 Å². The van der Waals surface area contributed by atoms with Gasteiger partial charge in [0.1, 0.15) is 0 Å². The Hall–Kier alpha value is -0.530. The van der Waals surface area contributed by atoms with Crippen molar-refractivity contribution >= 4 is 5.84 Å². The van der Waals surface area contributed by atoms with E-state index in [2.05, 4.69) is 18.8 Å². The van der Waals surface area contributed by atoms with Crippen LogP contribution in [0.15, 0.2) is 4.99 Å². The molecule has 12 heavy (non-hydrogen) atoms. The number of amidine groups is 1. The van der Waals surface area contributed by atoms with Crippen LogP contribution in [-0.2, 0) is 0 Å². The highest BCUT2D eigenvalue weighted by atomic mass is 15.0. The summed E-state index contributed by atoms with van der Waals surface area (Å²) in [5.74, 6) is 2.23. The van der Waals surface area contributed by atoms with Crippen molar-refractivity contribution in [2.24, 2.45) is 22.6 Å². The molecule has 0 radical (unpaired) electrons. The maximum Gasteiger partial charge on any atom is 0.0975 e. The average Bonchev–Trinajstić information content (AvgIpc) is 2.84. The summed E-state index contributed by atoms with van der Waals surface area (Å²) in [5.41, 5.74) is 6.15. The molecule has 2 N–H and O–H groups in total. The lowest BCUT2D eigenvalue weighted by Gasteiger charge is -2.15. The van der Waals surface area contributed by atoms with Gasteiger partial charge in [-0.3, -0.25) is 4.99 Å². The fourth-order valence-electron chi connectivity index (χ4n) is 1.67. The molecule has 0 saturated heterocycles. The van der Waals surface area contributed by atoms with E-state index in [1.54, 1.807) is 0 Å². The number of nitrogens with zero attached hydrogens (tertiary/aromatic N) is 1. The molecule has 0 aliphatic heterocycles. The van der Waals surface area contributed by atoms with Crippen LogP contribution in [0.1, 0.15) is 39.5 Å². The highest BCUT2D eigenvalue weighted by Gasteiger charge is 2.46. The molecule has 2 heteroatoms. The minimum atomic E-state index is 0.257. The van der Waals surface area contributed by atoms with Crippen LogP contribution in [0.5, 0.6) is 0 Å². The standard InChI is InChI=1S/C10H18N2/c1-7(2)10(5-6-10)12-9(11)8-3-4-8/h7-8H,3-6H2,1-2H3,(H2,11,12). The molecular formula is C10H18N2. The van der Waals surface area contributed by atoms with Gasteiger partial charge in [-0.1, -0.05) is 13.8 Å². The van der Waals surface area contributed by atoms with Crippen LogP contribution in [-0.4, -0.2) is 11.4 Å². The summed E-state index contributed by atoms with van der Waals surface area (Å²) in [7, 11) is 0. The third-order valence-corrected chi connectivity index (χ3v) is 3.18. The van der Waals surface area contributed by atoms with Gasteiger partial charge in [-0.2, -0.15) is 0 Å². The van der Waals surface area contributed by atoms with Gasteiger partial charge in [0, 0.05) is 5.92 Å². The molecule has 0 unspecified atom stereocenters. The summed E-state index contributed by atoms with van der Waals surface area (Å²) in [4.78, 5) is 4.68. The van der Waals surface area contributed by atoms with Gasteiger partial charge in [-0.25, -0.2) is 0 Å². The second-order valence-corrected chi connectivity index (χ2v) is 4.57. The first kappa shape index (κ1) is 8.09. The number of nitrogens with two attached hydrogens (primary N) is 1. The van der Waals surface area contributed by atoms with Crippen molar-refractivity contribution in [2.75, 3.05) is 0 Å². The fraction of sp³-hybridized carbons (Fsp3) is 0.900. The Morgan fingerprint density at radius 3 is 2.33 bits per heavy atom. The Morgan fingerprint density at radius 1 is 1.42 bits per heavy atom. The molecule has 0 aromatic carbocycles. The summed E-state index contributed by atoms with van der Waals surface area (Å²) in [6.45, 7) is 4.49. The van der Waals surface area contributed by atoms with E-state index < -0.39 is 0 Å². The van der Waals surface area contributed by atoms with Gasteiger partial charge in [-0.05, 0) is 31.6 Å². The molecule has 68 valence electrons. The van der Waals surface area contributed by atoms with Crippen molar-refractivity contribution in [1.29, 1.82) is 0 Å². The summed E-state index contributed by atoms with van der Waals surface area (Å²) in [6, 6.07) is 0. The molecule has 2 nitrogen and oxygen atoms in total. The minimum Gasteiger partial charge on any atom is -0.387 e. The molecule has 0 spiro atoms. The topological polar surface area (TPSA) is 38.4 Å². The van der Waals surface area contributed by atoms with E-state index in [0.29, 0.717) is 11.8 Å². The van der Waals surface area contributed by atoms with Crippen molar-refractivity contribution in [3.63, 3.8) is 0 Å². The molecular weight excluding hydrogens is 148 g/mol. The number of aliphatic imine (C=N–C) groups is 1. The van der Waals surface area contributed by atoms with Crippen LogP contribution < -0.4 is 5.73 Å². The SMILES string of the molecule is CC(C)C1(N=C(N)C2CC2)CC1. The lowest BCUT2D eigenvalue weighted by molar-refractivity contribution is 0.479. The van der Waals surface area contributed by atoms with E-state index >= 15 is 0 Å². The zero-order valence-corrected chi connectivity index (χ0v) is 8.01. The van der Waals surface area contributed by atoms with Crippen molar-refractivity contribution < 1.29 is 0 Å². The molecule has 0 heterocycles. The zero-order chi connectivity index (χ0) is 8.77. The van der Waals surface area contributed by atoms with Gasteiger partial charge in [0.15, 0.2) is 0 Å². The van der Waals surface area contributed by atoms with Gasteiger partial charge >= 0.3 is 0 Å². The van der Waals surface area contributed by atoms with E-state index in [9.17, 15) is 0 Å². The third kappa shape index (κ3) is 1.35. The lowest BCUT2D eigenvalue weighted by Crippen LogP contribution is -2.22. The van der Waals surface area contributed by atoms with Gasteiger partial charge in [0.25, 0.3) is 0 Å². The van der Waals surface area contributed by atoms with Crippen LogP contribution in [0.4, 0.5) is 0 Å². The molecule has 0 aromatic rings. The highest BCUT2D eigenvalue weighted by molar-refractivity contribution is 5.85. The number of rotatable bonds is 3. The molecule has 0 bridgehead atoms. The van der Waals surface area contributed by atoms with E-state index in [-0.39, 0.29) is 5.54 Å². The summed E-state index contributed by atoms with van der Waals surface area (Å²) < 4.78 is 0. The monoisotopic (exact) mass is 166 g/mol. The minimum absolute atomic E-state index is 0.257. The van der Waals surface area contributed by atoms with E-state index in [1.807, 2.05) is 0 Å². The maximum atomic E-state index is 5.89. The van der Waals surface area contributed by atoms with Crippen LogP contribution >= 0.6 is 0 Å². The quantitative estimate of drug-likeness (QED) is 0.505. The fourth-order valence-corrected chi connectivity index (χ4v) is 1.67. The number of hydrogen-bond acceptors (Lipinski definition) is 1. The Morgan fingerprint density at radius 2 is 2.00 bits per heavy atom. The van der Waals surface area contributed by atoms with Crippen LogP contribution in [0.3, 0.4) is 0 Å². The van der Waals surface area contributed by atoms with Crippen LogP contribution in [0.25, 0.3) is 0 Å². The highest BCUT2D eigenvalue weighted by Crippen LogP contribution is 2.47.